The Morgan fingerprint density at radius 2 is 2.14 bits per heavy atom. The number of carbonyl (C=O) groups excluding carboxylic acids is 1. The predicted octanol–water partition coefficient (Wildman–Crippen LogP) is 3.35. The first-order chi connectivity index (χ1) is 10.5. The van der Waals surface area contributed by atoms with Crippen molar-refractivity contribution in [2.24, 2.45) is 0 Å². The van der Waals surface area contributed by atoms with Gasteiger partial charge >= 0.3 is 12.6 Å². The molecule has 0 aliphatic heterocycles. The Labute approximate surface area is 126 Å². The van der Waals surface area contributed by atoms with E-state index in [4.69, 9.17) is 0 Å². The Morgan fingerprint density at radius 1 is 1.32 bits per heavy atom. The van der Waals surface area contributed by atoms with Crippen molar-refractivity contribution in [2.75, 3.05) is 12.4 Å². The van der Waals surface area contributed by atoms with Gasteiger partial charge in [-0.05, 0) is 24.3 Å². The zero-order valence-corrected chi connectivity index (χ0v) is 11.9. The summed E-state index contributed by atoms with van der Waals surface area (Å²) in [5.41, 5.74) is 1.12. The molecule has 5 nitrogen and oxygen atoms in total. The van der Waals surface area contributed by atoms with E-state index in [2.05, 4.69) is 15.0 Å². The lowest BCUT2D eigenvalue weighted by Gasteiger charge is -2.17. The highest BCUT2D eigenvalue weighted by Gasteiger charge is 2.11. The summed E-state index contributed by atoms with van der Waals surface area (Å²) in [6, 6.07) is 10.9. The van der Waals surface area contributed by atoms with E-state index in [0.29, 0.717) is 12.2 Å². The second-order valence-corrected chi connectivity index (χ2v) is 4.51. The first kappa shape index (κ1) is 15.7. The summed E-state index contributed by atoms with van der Waals surface area (Å²) in [5.74, 6) is -0.0137. The van der Waals surface area contributed by atoms with Crippen LogP contribution in [-0.2, 0) is 6.54 Å². The third kappa shape index (κ3) is 4.69. The van der Waals surface area contributed by atoms with Gasteiger partial charge in [0.25, 0.3) is 0 Å². The lowest BCUT2D eigenvalue weighted by Crippen LogP contribution is -2.31. The van der Waals surface area contributed by atoms with Crippen LogP contribution in [0.4, 0.5) is 19.3 Å². The summed E-state index contributed by atoms with van der Waals surface area (Å²) in [7, 11) is 1.61. The lowest BCUT2D eigenvalue weighted by atomic mass is 10.3. The summed E-state index contributed by atoms with van der Waals surface area (Å²) < 4.78 is 28.6. The van der Waals surface area contributed by atoms with Crippen LogP contribution in [-0.4, -0.2) is 29.6 Å². The topological polar surface area (TPSA) is 54.5 Å². The Balaban J connectivity index is 1.96. The van der Waals surface area contributed by atoms with Gasteiger partial charge in [-0.1, -0.05) is 12.1 Å². The molecule has 0 spiro atoms. The number of pyridine rings is 1. The quantitative estimate of drug-likeness (QED) is 0.921. The van der Waals surface area contributed by atoms with Crippen LogP contribution in [0.15, 0.2) is 48.7 Å². The van der Waals surface area contributed by atoms with E-state index in [1.807, 2.05) is 6.07 Å². The first-order valence-corrected chi connectivity index (χ1v) is 6.51. The van der Waals surface area contributed by atoms with Crippen LogP contribution in [0.5, 0.6) is 5.75 Å². The number of halogens is 2. The molecule has 0 aliphatic carbocycles. The molecule has 1 aromatic heterocycles. The molecule has 2 aromatic rings. The molecule has 0 fully saturated rings. The van der Waals surface area contributed by atoms with Crippen LogP contribution in [0.3, 0.4) is 0 Å². The van der Waals surface area contributed by atoms with Crippen LogP contribution in [0.25, 0.3) is 0 Å². The molecule has 1 aromatic carbocycles. The van der Waals surface area contributed by atoms with Crippen molar-refractivity contribution < 1.29 is 18.3 Å². The van der Waals surface area contributed by atoms with Crippen molar-refractivity contribution in [1.82, 2.24) is 9.88 Å². The number of hydrogen-bond acceptors (Lipinski definition) is 3. The normalized spacial score (nSPS) is 10.4. The number of rotatable bonds is 5. The van der Waals surface area contributed by atoms with Crippen LogP contribution < -0.4 is 10.1 Å². The smallest absolute Gasteiger partial charge is 0.387 e. The highest BCUT2D eigenvalue weighted by Crippen LogP contribution is 2.19. The molecule has 1 heterocycles. The number of aromatic nitrogens is 1. The third-order valence-corrected chi connectivity index (χ3v) is 2.78. The van der Waals surface area contributed by atoms with E-state index in [9.17, 15) is 13.6 Å². The minimum absolute atomic E-state index is 0.0137. The van der Waals surface area contributed by atoms with Crippen molar-refractivity contribution in [3.8, 4) is 5.75 Å². The van der Waals surface area contributed by atoms with Crippen LogP contribution >= 0.6 is 0 Å². The molecule has 116 valence electrons. The SMILES string of the molecule is CN(Cc1ccccn1)C(=O)Nc1cccc(OC(F)F)c1. The Morgan fingerprint density at radius 3 is 2.82 bits per heavy atom. The van der Waals surface area contributed by atoms with Gasteiger partial charge in [0.1, 0.15) is 5.75 Å². The van der Waals surface area contributed by atoms with E-state index in [1.165, 1.54) is 23.1 Å². The molecule has 7 heteroatoms. The number of carbonyl (C=O) groups is 1. The van der Waals surface area contributed by atoms with E-state index in [-0.39, 0.29) is 11.8 Å². The number of alkyl halides is 2. The standard InChI is InChI=1S/C15H15F2N3O2/c1-20(10-12-5-2-3-8-18-12)15(21)19-11-6-4-7-13(9-11)22-14(16)17/h2-9,14H,10H2,1H3,(H,19,21). The van der Waals surface area contributed by atoms with E-state index in [0.717, 1.165) is 5.69 Å². The summed E-state index contributed by atoms with van der Waals surface area (Å²) in [5, 5.41) is 2.61. The Hall–Kier alpha value is -2.70. The molecule has 0 bridgehead atoms. The van der Waals surface area contributed by atoms with Gasteiger partial charge < -0.3 is 15.0 Å². The average Bonchev–Trinajstić information content (AvgIpc) is 2.48. The fraction of sp³-hybridized carbons (Fsp3) is 0.200. The highest BCUT2D eigenvalue weighted by atomic mass is 19.3. The second-order valence-electron chi connectivity index (χ2n) is 4.51. The Kier molecular flexibility index (Phi) is 5.24. The second kappa shape index (κ2) is 7.35. The molecule has 0 aliphatic rings. The number of urea groups is 1. The molecule has 22 heavy (non-hydrogen) atoms. The zero-order chi connectivity index (χ0) is 15.9. The number of anilines is 1. The summed E-state index contributed by atoms with van der Waals surface area (Å²) in [6.45, 7) is -2.57. The maximum atomic E-state index is 12.2. The van der Waals surface area contributed by atoms with E-state index >= 15 is 0 Å². The minimum atomic E-state index is -2.90. The van der Waals surface area contributed by atoms with Crippen molar-refractivity contribution in [1.29, 1.82) is 0 Å². The first-order valence-electron chi connectivity index (χ1n) is 6.51. The van der Waals surface area contributed by atoms with Crippen molar-refractivity contribution in [3.05, 3.63) is 54.4 Å². The number of amides is 2. The van der Waals surface area contributed by atoms with Crippen LogP contribution in [0.1, 0.15) is 5.69 Å². The molecule has 0 unspecified atom stereocenters. The van der Waals surface area contributed by atoms with Crippen LogP contribution in [0.2, 0.25) is 0 Å². The fourth-order valence-corrected chi connectivity index (χ4v) is 1.78. The monoisotopic (exact) mass is 307 g/mol. The maximum absolute atomic E-state index is 12.2. The third-order valence-electron chi connectivity index (χ3n) is 2.78. The van der Waals surface area contributed by atoms with Crippen molar-refractivity contribution in [2.45, 2.75) is 13.2 Å². The molecular formula is C15H15F2N3O2. The van der Waals surface area contributed by atoms with Gasteiger partial charge in [-0.3, -0.25) is 4.98 Å². The number of nitrogens with zero attached hydrogens (tertiary/aromatic N) is 2. The summed E-state index contributed by atoms with van der Waals surface area (Å²) >= 11 is 0. The number of hydrogen-bond donors (Lipinski definition) is 1. The van der Waals surface area contributed by atoms with E-state index < -0.39 is 6.61 Å². The zero-order valence-electron chi connectivity index (χ0n) is 11.9. The fourth-order valence-electron chi connectivity index (χ4n) is 1.78. The predicted molar refractivity (Wildman–Crippen MR) is 77.8 cm³/mol. The van der Waals surface area contributed by atoms with Gasteiger partial charge in [-0.15, -0.1) is 0 Å². The highest BCUT2D eigenvalue weighted by molar-refractivity contribution is 5.89. The molecule has 0 radical (unpaired) electrons. The van der Waals surface area contributed by atoms with Gasteiger partial charge in [-0.25, -0.2) is 4.79 Å². The van der Waals surface area contributed by atoms with Crippen molar-refractivity contribution in [3.63, 3.8) is 0 Å². The van der Waals surface area contributed by atoms with Crippen LogP contribution in [0, 0.1) is 0 Å². The van der Waals surface area contributed by atoms with Crippen molar-refractivity contribution >= 4 is 11.7 Å². The molecule has 0 saturated heterocycles. The molecule has 0 atom stereocenters. The number of nitrogens with one attached hydrogen (secondary N) is 1. The number of benzene rings is 1. The van der Waals surface area contributed by atoms with Gasteiger partial charge in [0.05, 0.1) is 12.2 Å². The summed E-state index contributed by atoms with van der Waals surface area (Å²) in [4.78, 5) is 17.6. The summed E-state index contributed by atoms with van der Waals surface area (Å²) in [6.07, 6.45) is 1.65. The largest absolute Gasteiger partial charge is 0.435 e. The molecule has 2 rings (SSSR count). The van der Waals surface area contributed by atoms with E-state index in [1.54, 1.807) is 31.4 Å². The molecular weight excluding hydrogens is 292 g/mol. The molecule has 2 amide bonds. The van der Waals surface area contributed by atoms with Gasteiger partial charge in [0.15, 0.2) is 0 Å². The van der Waals surface area contributed by atoms with Gasteiger partial charge in [0.2, 0.25) is 0 Å². The molecule has 0 saturated carbocycles. The Bertz CT molecular complexity index is 623. The van der Waals surface area contributed by atoms with Gasteiger partial charge in [0, 0.05) is 25.0 Å². The number of ether oxygens (including phenoxy) is 1. The minimum Gasteiger partial charge on any atom is -0.435 e. The maximum Gasteiger partial charge on any atom is 0.387 e. The molecule has 1 N–H and O–H groups in total. The lowest BCUT2D eigenvalue weighted by molar-refractivity contribution is -0.0497. The average molecular weight is 307 g/mol. The van der Waals surface area contributed by atoms with Gasteiger partial charge in [-0.2, -0.15) is 8.78 Å².